The number of ether oxygens (including phenoxy) is 2. The van der Waals surface area contributed by atoms with Crippen molar-refractivity contribution in [2.75, 3.05) is 19.4 Å². The van der Waals surface area contributed by atoms with E-state index in [9.17, 15) is 0 Å². The summed E-state index contributed by atoms with van der Waals surface area (Å²) in [7, 11) is -0.338. The van der Waals surface area contributed by atoms with E-state index in [2.05, 4.69) is 88.4 Å². The van der Waals surface area contributed by atoms with E-state index in [1.54, 1.807) is 0 Å². The van der Waals surface area contributed by atoms with Gasteiger partial charge in [0.05, 0.1) is 0 Å². The third-order valence-corrected chi connectivity index (χ3v) is 9.19. The largest absolute Gasteiger partial charge is 0.350 e. The Morgan fingerprint density at radius 2 is 1.15 bits per heavy atom. The first kappa shape index (κ1) is 28.0. The number of hydrogen-bond donors (Lipinski definition) is 0. The summed E-state index contributed by atoms with van der Waals surface area (Å²) in [4.78, 5) is 0. The lowest BCUT2D eigenvalue weighted by Gasteiger charge is -2.37. The molecule has 2 rings (SSSR count). The molecule has 0 radical (unpaired) electrons. The Bertz CT molecular complexity index is 673. The topological polar surface area (TPSA) is 18.5 Å². The number of hydrogen-bond acceptors (Lipinski definition) is 2. The molecule has 2 aromatic rings. The van der Waals surface area contributed by atoms with E-state index >= 15 is 0 Å². The first-order valence-electron chi connectivity index (χ1n) is 13.3. The Morgan fingerprint density at radius 3 is 1.67 bits per heavy atom. The van der Waals surface area contributed by atoms with Crippen LogP contribution in [0.25, 0.3) is 0 Å². The highest BCUT2D eigenvalue weighted by molar-refractivity contribution is 7.73. The molecule has 0 fully saturated rings. The van der Waals surface area contributed by atoms with Crippen molar-refractivity contribution in [3.63, 3.8) is 0 Å². The summed E-state index contributed by atoms with van der Waals surface area (Å²) in [6, 6.07) is 22.2. The van der Waals surface area contributed by atoms with Gasteiger partial charge in [0.1, 0.15) is 0 Å². The van der Waals surface area contributed by atoms with Gasteiger partial charge in [-0.1, -0.05) is 106 Å². The molecule has 0 amide bonds. The van der Waals surface area contributed by atoms with Gasteiger partial charge in [0.2, 0.25) is 0 Å². The quantitative estimate of drug-likeness (QED) is 0.125. The third-order valence-electron chi connectivity index (χ3n) is 6.58. The first-order valence-corrected chi connectivity index (χ1v) is 14.8. The van der Waals surface area contributed by atoms with Gasteiger partial charge in [-0.25, -0.2) is 0 Å². The van der Waals surface area contributed by atoms with Gasteiger partial charge < -0.3 is 9.47 Å². The molecule has 0 heterocycles. The van der Waals surface area contributed by atoms with Crippen LogP contribution >= 0.6 is 7.92 Å². The minimum absolute atomic E-state index is 0.338. The lowest BCUT2D eigenvalue weighted by molar-refractivity contribution is -0.254. The van der Waals surface area contributed by atoms with E-state index in [0.717, 1.165) is 6.42 Å². The van der Waals surface area contributed by atoms with E-state index in [0.29, 0.717) is 19.1 Å². The van der Waals surface area contributed by atoms with Crippen molar-refractivity contribution in [3.05, 3.63) is 60.7 Å². The predicted molar refractivity (Wildman–Crippen MR) is 146 cm³/mol. The maximum atomic E-state index is 6.24. The summed E-state index contributed by atoms with van der Waals surface area (Å²) in [5, 5.41) is 2.95. The summed E-state index contributed by atoms with van der Waals surface area (Å²) >= 11 is 0. The molecule has 1 unspecified atom stereocenters. The molecule has 0 aliphatic heterocycles. The van der Waals surface area contributed by atoms with Crippen LogP contribution in [0.4, 0.5) is 0 Å². The number of unbranched alkanes of at least 4 members (excludes halogenated alkanes) is 5. The van der Waals surface area contributed by atoms with Gasteiger partial charge in [-0.05, 0) is 64.7 Å². The second-order valence-electron chi connectivity index (χ2n) is 9.10. The molecule has 0 aliphatic rings. The minimum Gasteiger partial charge on any atom is -0.350 e. The van der Waals surface area contributed by atoms with Crippen molar-refractivity contribution in [1.82, 2.24) is 0 Å². The highest BCUT2D eigenvalue weighted by atomic mass is 31.1. The number of benzene rings is 2. The molecule has 0 saturated carbocycles. The highest BCUT2D eigenvalue weighted by Crippen LogP contribution is 2.38. The van der Waals surface area contributed by atoms with Crippen molar-refractivity contribution in [1.29, 1.82) is 0 Å². The van der Waals surface area contributed by atoms with Gasteiger partial charge in [-0.2, -0.15) is 0 Å². The average molecular weight is 471 g/mol. The van der Waals surface area contributed by atoms with E-state index in [1.807, 2.05) is 0 Å². The van der Waals surface area contributed by atoms with E-state index in [1.165, 1.54) is 68.1 Å². The van der Waals surface area contributed by atoms with Crippen LogP contribution in [-0.4, -0.2) is 25.2 Å². The zero-order valence-corrected chi connectivity index (χ0v) is 22.5. The fraction of sp³-hybridized carbons (Fsp3) is 0.600. The molecular formula is C30H47O2P. The molecule has 0 N–H and O–H groups in total. The van der Waals surface area contributed by atoms with Crippen LogP contribution in [0.3, 0.4) is 0 Å². The smallest absolute Gasteiger partial charge is 0.168 e. The maximum absolute atomic E-state index is 6.24. The van der Waals surface area contributed by atoms with Crippen molar-refractivity contribution in [3.8, 4) is 0 Å². The van der Waals surface area contributed by atoms with Gasteiger partial charge in [-0.15, -0.1) is 0 Å². The highest BCUT2D eigenvalue weighted by Gasteiger charge is 2.35. The SMILES string of the molecule is CCCCCCCCC(CCCP(c1ccccc1)c1ccccc1)C(C)(OCC)OCC. The minimum atomic E-state index is -0.477. The molecule has 184 valence electrons. The number of rotatable bonds is 18. The molecule has 0 bridgehead atoms. The lowest BCUT2D eigenvalue weighted by atomic mass is 9.88. The molecular weight excluding hydrogens is 423 g/mol. The second kappa shape index (κ2) is 16.4. The predicted octanol–water partition coefficient (Wildman–Crippen LogP) is 8.06. The van der Waals surface area contributed by atoms with E-state index in [4.69, 9.17) is 9.47 Å². The van der Waals surface area contributed by atoms with Crippen LogP contribution in [0.5, 0.6) is 0 Å². The zero-order valence-electron chi connectivity index (χ0n) is 21.6. The molecule has 0 spiro atoms. The van der Waals surface area contributed by atoms with Gasteiger partial charge in [0.15, 0.2) is 5.79 Å². The van der Waals surface area contributed by atoms with Gasteiger partial charge >= 0.3 is 0 Å². The van der Waals surface area contributed by atoms with Crippen LogP contribution in [0.1, 0.15) is 85.5 Å². The zero-order chi connectivity index (χ0) is 23.8. The van der Waals surface area contributed by atoms with Crippen molar-refractivity contribution < 1.29 is 9.47 Å². The first-order chi connectivity index (χ1) is 16.1. The summed E-state index contributed by atoms with van der Waals surface area (Å²) in [6.07, 6.45) is 12.8. The Balaban J connectivity index is 2.05. The van der Waals surface area contributed by atoms with Crippen molar-refractivity contribution in [2.24, 2.45) is 5.92 Å². The summed E-state index contributed by atoms with van der Waals surface area (Å²) in [5.41, 5.74) is 0. The molecule has 3 heteroatoms. The molecule has 0 aromatic heterocycles. The lowest BCUT2D eigenvalue weighted by Crippen LogP contribution is -2.41. The van der Waals surface area contributed by atoms with Gasteiger partial charge in [0.25, 0.3) is 0 Å². The maximum Gasteiger partial charge on any atom is 0.168 e. The molecule has 0 saturated heterocycles. The van der Waals surface area contributed by atoms with Gasteiger partial charge in [0, 0.05) is 19.1 Å². The van der Waals surface area contributed by atoms with E-state index in [-0.39, 0.29) is 7.92 Å². The van der Waals surface area contributed by atoms with Crippen molar-refractivity contribution >= 4 is 18.5 Å². The molecule has 1 atom stereocenters. The van der Waals surface area contributed by atoms with Crippen LogP contribution in [0.2, 0.25) is 0 Å². The standard InChI is InChI=1S/C30H47O2P/c1-5-8-9-10-11-14-20-27(30(4,31-6-2)32-7-3)21-19-26-33(28-22-15-12-16-23-28)29-24-17-13-18-25-29/h12-13,15-18,22-25,27H,5-11,14,19-21,26H2,1-4H3. The Labute approximate surface area is 205 Å². The Morgan fingerprint density at radius 1 is 0.667 bits per heavy atom. The van der Waals surface area contributed by atoms with E-state index < -0.39 is 5.79 Å². The summed E-state index contributed by atoms with van der Waals surface area (Å²) in [6.45, 7) is 10.0. The summed E-state index contributed by atoms with van der Waals surface area (Å²) in [5.74, 6) is -0.0400. The normalized spacial score (nSPS) is 12.9. The average Bonchev–Trinajstić information content (AvgIpc) is 2.84. The molecule has 2 nitrogen and oxygen atoms in total. The van der Waals surface area contributed by atoms with Crippen LogP contribution in [0, 0.1) is 5.92 Å². The Kier molecular flexibility index (Phi) is 13.9. The summed E-state index contributed by atoms with van der Waals surface area (Å²) < 4.78 is 12.5. The van der Waals surface area contributed by atoms with Crippen molar-refractivity contribution in [2.45, 2.75) is 91.3 Å². The third kappa shape index (κ3) is 9.89. The fourth-order valence-corrected chi connectivity index (χ4v) is 7.19. The van der Waals surface area contributed by atoms with Crippen LogP contribution < -0.4 is 10.6 Å². The Hall–Kier alpha value is -1.21. The fourth-order valence-electron chi connectivity index (χ4n) is 4.81. The van der Waals surface area contributed by atoms with Gasteiger partial charge in [-0.3, -0.25) is 0 Å². The molecule has 33 heavy (non-hydrogen) atoms. The second-order valence-corrected chi connectivity index (χ2v) is 11.4. The van der Waals surface area contributed by atoms with Crippen LogP contribution in [0.15, 0.2) is 60.7 Å². The van der Waals surface area contributed by atoms with Crippen LogP contribution in [-0.2, 0) is 9.47 Å². The monoisotopic (exact) mass is 470 g/mol. The molecule has 2 aromatic carbocycles. The molecule has 0 aliphatic carbocycles.